The van der Waals surface area contributed by atoms with Crippen LogP contribution in [0.5, 0.6) is 0 Å². The van der Waals surface area contributed by atoms with Gasteiger partial charge in [-0.3, -0.25) is 10.1 Å². The van der Waals surface area contributed by atoms with E-state index in [1.807, 2.05) is 0 Å². The predicted molar refractivity (Wildman–Crippen MR) is 80.3 cm³/mol. The van der Waals surface area contributed by atoms with Crippen LogP contribution in [0.2, 0.25) is 0 Å². The second-order valence-corrected chi connectivity index (χ2v) is 6.25. The lowest BCUT2D eigenvalue weighted by Crippen LogP contribution is -2.44. The maximum atomic E-state index is 12.9. The normalized spacial score (nSPS) is 24.8. The number of hydrogen-bond acceptors (Lipinski definition) is 2. The van der Waals surface area contributed by atoms with Crippen LogP contribution in [0.4, 0.5) is 0 Å². The Hall–Kier alpha value is -1.35. The van der Waals surface area contributed by atoms with Crippen LogP contribution in [-0.2, 0) is 4.79 Å². The van der Waals surface area contributed by atoms with Gasteiger partial charge in [-0.25, -0.2) is 0 Å². The van der Waals surface area contributed by atoms with E-state index in [9.17, 15) is 4.79 Å². The third-order valence-corrected chi connectivity index (χ3v) is 4.67. The molecule has 0 radical (unpaired) electrons. The second kappa shape index (κ2) is 5.21. The molecule has 1 aliphatic carbocycles. The Morgan fingerprint density at radius 3 is 2.75 bits per heavy atom. The number of carbonyl (C=O) groups is 1. The molecule has 2 aliphatic rings. The summed E-state index contributed by atoms with van der Waals surface area (Å²) in [5, 5.41) is 3.67. The van der Waals surface area contributed by atoms with Gasteiger partial charge in [0, 0.05) is 6.54 Å². The number of hydrogen-bond donors (Lipinski definition) is 1. The Morgan fingerprint density at radius 2 is 2.10 bits per heavy atom. The van der Waals surface area contributed by atoms with E-state index in [0.717, 1.165) is 25.8 Å². The molecule has 1 unspecified atom stereocenters. The van der Waals surface area contributed by atoms with E-state index in [0.29, 0.717) is 5.91 Å². The summed E-state index contributed by atoms with van der Waals surface area (Å²) in [6.45, 7) is 5.09. The largest absolute Gasteiger partial charge is 0.321 e. The molecule has 0 bridgehead atoms. The minimum atomic E-state index is -0.274. The lowest BCUT2D eigenvalue weighted by Gasteiger charge is -2.24. The molecule has 1 spiro atoms. The molecule has 1 aliphatic heterocycles. The second-order valence-electron chi connectivity index (χ2n) is 6.25. The molecule has 1 aromatic carbocycles. The van der Waals surface area contributed by atoms with E-state index < -0.39 is 0 Å². The molecule has 1 saturated heterocycles. The number of nitrogens with zero attached hydrogens (tertiary/aromatic N) is 1. The summed E-state index contributed by atoms with van der Waals surface area (Å²) in [6, 6.07) is 8.52. The minimum absolute atomic E-state index is 0.0560. The van der Waals surface area contributed by atoms with Crippen molar-refractivity contribution in [3.05, 3.63) is 35.4 Å². The van der Waals surface area contributed by atoms with E-state index in [2.05, 4.69) is 48.3 Å². The monoisotopic (exact) mass is 272 g/mol. The lowest BCUT2D eigenvalue weighted by atomic mass is 9.98. The number of rotatable bonds is 3. The molecule has 1 N–H and O–H groups in total. The fourth-order valence-corrected chi connectivity index (χ4v) is 3.71. The highest BCUT2D eigenvalue weighted by molar-refractivity contribution is 5.89. The molecule has 3 rings (SSSR count). The average molecular weight is 272 g/mol. The first-order valence-corrected chi connectivity index (χ1v) is 7.82. The minimum Gasteiger partial charge on any atom is -0.321 e. The molecule has 20 heavy (non-hydrogen) atoms. The average Bonchev–Trinajstić information content (AvgIpc) is 3.01. The Labute approximate surface area is 121 Å². The first kappa shape index (κ1) is 13.6. The molecule has 108 valence electrons. The SMILES string of the molecule is CCCN1C(=O)C2(CCCC2)NC1c1cccc(C)c1. The molecule has 1 aromatic rings. The highest BCUT2D eigenvalue weighted by Crippen LogP contribution is 2.40. The van der Waals surface area contributed by atoms with Gasteiger partial charge in [-0.1, -0.05) is 49.6 Å². The predicted octanol–water partition coefficient (Wildman–Crippen LogP) is 3.15. The van der Waals surface area contributed by atoms with Gasteiger partial charge in [-0.15, -0.1) is 0 Å². The molecule has 2 fully saturated rings. The van der Waals surface area contributed by atoms with Crippen LogP contribution in [0.3, 0.4) is 0 Å². The number of aryl methyl sites for hydroxylation is 1. The molecule has 1 heterocycles. The molecule has 1 atom stereocenters. The Kier molecular flexibility index (Phi) is 3.55. The van der Waals surface area contributed by atoms with Crippen molar-refractivity contribution < 1.29 is 4.79 Å². The zero-order valence-corrected chi connectivity index (χ0v) is 12.5. The summed E-state index contributed by atoms with van der Waals surface area (Å²) in [4.78, 5) is 14.9. The van der Waals surface area contributed by atoms with Crippen molar-refractivity contribution >= 4 is 5.91 Å². The summed E-state index contributed by atoms with van der Waals surface area (Å²) < 4.78 is 0. The third-order valence-electron chi connectivity index (χ3n) is 4.67. The maximum absolute atomic E-state index is 12.9. The van der Waals surface area contributed by atoms with Crippen LogP contribution in [0.25, 0.3) is 0 Å². The van der Waals surface area contributed by atoms with Gasteiger partial charge in [0.2, 0.25) is 5.91 Å². The van der Waals surface area contributed by atoms with Crippen LogP contribution < -0.4 is 5.32 Å². The molecule has 0 aromatic heterocycles. The van der Waals surface area contributed by atoms with Gasteiger partial charge >= 0.3 is 0 Å². The van der Waals surface area contributed by atoms with E-state index in [-0.39, 0.29) is 11.7 Å². The number of benzene rings is 1. The van der Waals surface area contributed by atoms with Gasteiger partial charge in [0.25, 0.3) is 0 Å². The topological polar surface area (TPSA) is 32.3 Å². The van der Waals surface area contributed by atoms with E-state index >= 15 is 0 Å². The van der Waals surface area contributed by atoms with Gasteiger partial charge in [-0.05, 0) is 31.7 Å². The smallest absolute Gasteiger partial charge is 0.244 e. The van der Waals surface area contributed by atoms with Crippen molar-refractivity contribution in [1.29, 1.82) is 0 Å². The highest BCUT2D eigenvalue weighted by Gasteiger charge is 2.52. The van der Waals surface area contributed by atoms with Crippen molar-refractivity contribution in [1.82, 2.24) is 10.2 Å². The summed E-state index contributed by atoms with van der Waals surface area (Å²) in [6.07, 6.45) is 5.38. The van der Waals surface area contributed by atoms with Gasteiger partial charge in [0.15, 0.2) is 0 Å². The van der Waals surface area contributed by atoms with Crippen molar-refractivity contribution in [2.45, 2.75) is 57.7 Å². The van der Waals surface area contributed by atoms with Crippen molar-refractivity contribution in [2.24, 2.45) is 0 Å². The number of carbonyl (C=O) groups excluding carboxylic acids is 1. The number of amides is 1. The molecule has 1 saturated carbocycles. The summed E-state index contributed by atoms with van der Waals surface area (Å²) in [5.74, 6) is 0.323. The highest BCUT2D eigenvalue weighted by atomic mass is 16.2. The first-order valence-electron chi connectivity index (χ1n) is 7.82. The van der Waals surface area contributed by atoms with Crippen LogP contribution in [0, 0.1) is 6.92 Å². The maximum Gasteiger partial charge on any atom is 0.244 e. The van der Waals surface area contributed by atoms with Crippen LogP contribution in [-0.4, -0.2) is 22.9 Å². The number of nitrogens with one attached hydrogen (secondary N) is 1. The summed E-state index contributed by atoms with van der Waals surface area (Å²) in [7, 11) is 0. The summed E-state index contributed by atoms with van der Waals surface area (Å²) in [5.41, 5.74) is 2.19. The third kappa shape index (κ3) is 2.14. The quantitative estimate of drug-likeness (QED) is 0.916. The molecular formula is C17H24N2O. The van der Waals surface area contributed by atoms with Crippen LogP contribution in [0.15, 0.2) is 24.3 Å². The van der Waals surface area contributed by atoms with Gasteiger partial charge < -0.3 is 4.90 Å². The van der Waals surface area contributed by atoms with E-state index in [1.54, 1.807) is 0 Å². The van der Waals surface area contributed by atoms with Gasteiger partial charge in [-0.2, -0.15) is 0 Å². The van der Waals surface area contributed by atoms with Crippen LogP contribution in [0.1, 0.15) is 56.3 Å². The van der Waals surface area contributed by atoms with Crippen molar-refractivity contribution in [2.75, 3.05) is 6.54 Å². The molecular weight excluding hydrogens is 248 g/mol. The Morgan fingerprint density at radius 1 is 1.35 bits per heavy atom. The fraction of sp³-hybridized carbons (Fsp3) is 0.588. The standard InChI is InChI=1S/C17H24N2O/c1-3-11-19-15(14-8-6-7-13(2)12-14)18-17(16(19)20)9-4-5-10-17/h6-8,12,15,18H,3-5,9-11H2,1-2H3. The van der Waals surface area contributed by atoms with E-state index in [1.165, 1.54) is 24.0 Å². The lowest BCUT2D eigenvalue weighted by molar-refractivity contribution is -0.133. The Balaban J connectivity index is 1.94. The van der Waals surface area contributed by atoms with Crippen LogP contribution >= 0.6 is 0 Å². The van der Waals surface area contributed by atoms with Crippen molar-refractivity contribution in [3.63, 3.8) is 0 Å². The zero-order chi connectivity index (χ0) is 14.2. The first-order chi connectivity index (χ1) is 9.66. The van der Waals surface area contributed by atoms with E-state index in [4.69, 9.17) is 0 Å². The molecule has 3 heteroatoms. The van der Waals surface area contributed by atoms with Crippen molar-refractivity contribution in [3.8, 4) is 0 Å². The van der Waals surface area contributed by atoms with Gasteiger partial charge in [0.05, 0.1) is 5.54 Å². The fourth-order valence-electron chi connectivity index (χ4n) is 3.71. The zero-order valence-electron chi connectivity index (χ0n) is 12.5. The Bertz CT molecular complexity index is 505. The molecule has 3 nitrogen and oxygen atoms in total. The summed E-state index contributed by atoms with van der Waals surface area (Å²) >= 11 is 0. The molecule has 1 amide bonds. The van der Waals surface area contributed by atoms with Gasteiger partial charge in [0.1, 0.15) is 6.17 Å².